The van der Waals surface area contributed by atoms with Crippen molar-refractivity contribution >= 4 is 16.9 Å². The monoisotopic (exact) mass is 362 g/mol. The van der Waals surface area contributed by atoms with E-state index >= 15 is 0 Å². The van der Waals surface area contributed by atoms with Crippen LogP contribution in [0.3, 0.4) is 0 Å². The second kappa shape index (κ2) is 7.92. The summed E-state index contributed by atoms with van der Waals surface area (Å²) in [6.07, 6.45) is 4.34. The average molecular weight is 362 g/mol. The Bertz CT molecular complexity index is 918. The van der Waals surface area contributed by atoms with Gasteiger partial charge in [0.1, 0.15) is 5.82 Å². The second-order valence-corrected chi connectivity index (χ2v) is 7.29. The van der Waals surface area contributed by atoms with Gasteiger partial charge in [-0.25, -0.2) is 4.98 Å². The number of hydrogen-bond donors (Lipinski definition) is 2. The number of amides is 1. The highest BCUT2D eigenvalue weighted by molar-refractivity contribution is 5.79. The topological polar surface area (TPSA) is 72.9 Å². The van der Waals surface area contributed by atoms with Gasteiger partial charge in [-0.2, -0.15) is 0 Å². The normalized spacial score (nSPS) is 19.4. The number of hydrogen-bond acceptors (Lipinski definition) is 3. The number of nitrogens with zero attached hydrogens (tertiary/aromatic N) is 2. The van der Waals surface area contributed by atoms with Crippen molar-refractivity contribution in [2.24, 2.45) is 11.7 Å². The third-order valence-corrected chi connectivity index (χ3v) is 5.53. The zero-order valence-electron chi connectivity index (χ0n) is 15.5. The van der Waals surface area contributed by atoms with Gasteiger partial charge in [0.25, 0.3) is 0 Å². The first-order valence-electron chi connectivity index (χ1n) is 9.77. The largest absolute Gasteiger partial charge is 0.353 e. The van der Waals surface area contributed by atoms with Gasteiger partial charge >= 0.3 is 0 Å². The van der Waals surface area contributed by atoms with Crippen LogP contribution in [-0.2, 0) is 11.2 Å². The van der Waals surface area contributed by atoms with Crippen LogP contribution in [0.5, 0.6) is 0 Å². The smallest absolute Gasteiger partial charge is 0.220 e. The molecule has 0 radical (unpaired) electrons. The van der Waals surface area contributed by atoms with E-state index < -0.39 is 0 Å². The molecule has 3 aromatic rings. The van der Waals surface area contributed by atoms with Gasteiger partial charge in [-0.1, -0.05) is 36.8 Å². The number of imidazole rings is 1. The second-order valence-electron chi connectivity index (χ2n) is 7.29. The summed E-state index contributed by atoms with van der Waals surface area (Å²) in [4.78, 5) is 17.3. The fourth-order valence-electron chi connectivity index (χ4n) is 4.12. The van der Waals surface area contributed by atoms with Crippen molar-refractivity contribution in [3.05, 3.63) is 60.4 Å². The molecule has 2 aromatic carbocycles. The summed E-state index contributed by atoms with van der Waals surface area (Å²) in [6, 6.07) is 18.5. The standard InChI is InChI=1S/C22H26N4O/c23-15-16-7-6-11-18(16)25-22(27)14-13-21-24-19-10-4-5-12-20(19)26(21)17-8-2-1-3-9-17/h1-5,8-10,12,16,18H,6-7,11,13-15,23H2,(H,25,27). The molecule has 5 nitrogen and oxygen atoms in total. The Labute approximate surface area is 159 Å². The van der Waals surface area contributed by atoms with Crippen molar-refractivity contribution in [2.75, 3.05) is 6.54 Å². The maximum atomic E-state index is 12.5. The average Bonchev–Trinajstić information content (AvgIpc) is 3.30. The van der Waals surface area contributed by atoms with Crippen molar-refractivity contribution in [1.82, 2.24) is 14.9 Å². The summed E-state index contributed by atoms with van der Waals surface area (Å²) < 4.78 is 2.15. The molecule has 1 aromatic heterocycles. The molecule has 5 heteroatoms. The van der Waals surface area contributed by atoms with Crippen LogP contribution in [0, 0.1) is 5.92 Å². The molecule has 0 bridgehead atoms. The predicted octanol–water partition coefficient (Wildman–Crippen LogP) is 3.20. The van der Waals surface area contributed by atoms with Gasteiger partial charge < -0.3 is 11.1 Å². The van der Waals surface area contributed by atoms with E-state index in [0.717, 1.165) is 41.8 Å². The molecule has 1 heterocycles. The lowest BCUT2D eigenvalue weighted by Crippen LogP contribution is -2.40. The highest BCUT2D eigenvalue weighted by Crippen LogP contribution is 2.25. The highest BCUT2D eigenvalue weighted by Gasteiger charge is 2.27. The van der Waals surface area contributed by atoms with Crippen molar-refractivity contribution in [3.63, 3.8) is 0 Å². The number of rotatable bonds is 6. The minimum Gasteiger partial charge on any atom is -0.353 e. The van der Waals surface area contributed by atoms with Crippen LogP contribution in [0.15, 0.2) is 54.6 Å². The van der Waals surface area contributed by atoms with Crippen LogP contribution in [0.4, 0.5) is 0 Å². The fourth-order valence-corrected chi connectivity index (χ4v) is 4.12. The minimum absolute atomic E-state index is 0.0898. The van der Waals surface area contributed by atoms with Gasteiger partial charge in [0.15, 0.2) is 0 Å². The van der Waals surface area contributed by atoms with E-state index in [2.05, 4.69) is 28.1 Å². The molecule has 1 fully saturated rings. The molecular formula is C22H26N4O. The van der Waals surface area contributed by atoms with Crippen molar-refractivity contribution in [2.45, 2.75) is 38.1 Å². The number of fused-ring (bicyclic) bond motifs is 1. The Morgan fingerprint density at radius 2 is 1.89 bits per heavy atom. The first kappa shape index (κ1) is 17.7. The summed E-state index contributed by atoms with van der Waals surface area (Å²) in [5, 5.41) is 3.19. The molecule has 1 aliphatic carbocycles. The van der Waals surface area contributed by atoms with Crippen LogP contribution in [0.2, 0.25) is 0 Å². The van der Waals surface area contributed by atoms with Crippen LogP contribution in [-0.4, -0.2) is 28.0 Å². The van der Waals surface area contributed by atoms with E-state index in [1.54, 1.807) is 0 Å². The highest BCUT2D eigenvalue weighted by atomic mass is 16.1. The molecular weight excluding hydrogens is 336 g/mol. The van der Waals surface area contributed by atoms with E-state index in [1.165, 1.54) is 0 Å². The summed E-state index contributed by atoms with van der Waals surface area (Å²) in [5.41, 5.74) is 8.92. The van der Waals surface area contributed by atoms with Crippen molar-refractivity contribution < 1.29 is 4.79 Å². The number of carbonyl (C=O) groups is 1. The molecule has 0 aliphatic heterocycles. The van der Waals surface area contributed by atoms with Crippen LogP contribution in [0.1, 0.15) is 31.5 Å². The quantitative estimate of drug-likeness (QED) is 0.707. The van der Waals surface area contributed by atoms with Gasteiger partial charge in [0, 0.05) is 24.6 Å². The van der Waals surface area contributed by atoms with Gasteiger partial charge in [0.05, 0.1) is 11.0 Å². The zero-order valence-corrected chi connectivity index (χ0v) is 15.5. The Hall–Kier alpha value is -2.66. The number of carbonyl (C=O) groups excluding carboxylic acids is 1. The maximum absolute atomic E-state index is 12.5. The molecule has 2 atom stereocenters. The fraction of sp³-hybridized carbons (Fsp3) is 0.364. The number of nitrogens with two attached hydrogens (primary N) is 1. The molecule has 2 unspecified atom stereocenters. The maximum Gasteiger partial charge on any atom is 0.220 e. The minimum atomic E-state index is 0.0898. The van der Waals surface area contributed by atoms with E-state index in [1.807, 2.05) is 36.4 Å². The van der Waals surface area contributed by atoms with E-state index in [0.29, 0.717) is 25.3 Å². The number of benzene rings is 2. The van der Waals surface area contributed by atoms with E-state index in [-0.39, 0.29) is 11.9 Å². The van der Waals surface area contributed by atoms with Crippen LogP contribution in [0.25, 0.3) is 16.7 Å². The molecule has 4 rings (SSSR count). The molecule has 27 heavy (non-hydrogen) atoms. The molecule has 1 aliphatic rings. The SMILES string of the molecule is NCC1CCCC1NC(=O)CCc1nc2ccccc2n1-c1ccccc1. The molecule has 1 amide bonds. The van der Waals surface area contributed by atoms with Gasteiger partial charge in [0.2, 0.25) is 5.91 Å². The lowest BCUT2D eigenvalue weighted by molar-refractivity contribution is -0.122. The van der Waals surface area contributed by atoms with Crippen LogP contribution >= 0.6 is 0 Å². The summed E-state index contributed by atoms with van der Waals surface area (Å²) >= 11 is 0. The van der Waals surface area contributed by atoms with E-state index in [9.17, 15) is 4.79 Å². The van der Waals surface area contributed by atoms with Gasteiger partial charge in [-0.05, 0) is 49.6 Å². The third-order valence-electron chi connectivity index (χ3n) is 5.53. The number of aryl methyl sites for hydroxylation is 1. The number of para-hydroxylation sites is 3. The summed E-state index contributed by atoms with van der Waals surface area (Å²) in [5.74, 6) is 1.43. The Balaban J connectivity index is 1.53. The Kier molecular flexibility index (Phi) is 5.21. The van der Waals surface area contributed by atoms with Crippen molar-refractivity contribution in [3.8, 4) is 5.69 Å². The lowest BCUT2D eigenvalue weighted by Gasteiger charge is -2.19. The van der Waals surface area contributed by atoms with Crippen LogP contribution < -0.4 is 11.1 Å². The zero-order chi connectivity index (χ0) is 18.6. The van der Waals surface area contributed by atoms with E-state index in [4.69, 9.17) is 10.7 Å². The molecule has 0 saturated heterocycles. The van der Waals surface area contributed by atoms with Crippen molar-refractivity contribution in [1.29, 1.82) is 0 Å². The number of aromatic nitrogens is 2. The number of nitrogens with one attached hydrogen (secondary N) is 1. The molecule has 1 saturated carbocycles. The molecule has 0 spiro atoms. The first-order chi connectivity index (χ1) is 13.3. The Morgan fingerprint density at radius 1 is 1.11 bits per heavy atom. The predicted molar refractivity (Wildman–Crippen MR) is 108 cm³/mol. The van der Waals surface area contributed by atoms with Gasteiger partial charge in [-0.15, -0.1) is 0 Å². The summed E-state index contributed by atoms with van der Waals surface area (Å²) in [7, 11) is 0. The first-order valence-corrected chi connectivity index (χ1v) is 9.77. The third kappa shape index (κ3) is 3.74. The summed E-state index contributed by atoms with van der Waals surface area (Å²) in [6.45, 7) is 0.648. The molecule has 140 valence electrons. The molecule has 3 N–H and O–H groups in total. The van der Waals surface area contributed by atoms with Gasteiger partial charge in [-0.3, -0.25) is 9.36 Å². The Morgan fingerprint density at radius 3 is 2.70 bits per heavy atom. The lowest BCUT2D eigenvalue weighted by atomic mass is 10.0.